The number of hydrogen-bond donors (Lipinski definition) is 1. The third-order valence-corrected chi connectivity index (χ3v) is 4.89. The van der Waals surface area contributed by atoms with E-state index in [4.69, 9.17) is 4.74 Å². The molecule has 0 aromatic heterocycles. The summed E-state index contributed by atoms with van der Waals surface area (Å²) < 4.78 is 6.77. The van der Waals surface area contributed by atoms with Gasteiger partial charge in [0.25, 0.3) is 0 Å². The van der Waals surface area contributed by atoms with Crippen LogP contribution in [0, 0.1) is 13.8 Å². The quantitative estimate of drug-likeness (QED) is 0.571. The molecule has 0 atom stereocenters. The molecular weight excluding hydrogens is 390 g/mol. The van der Waals surface area contributed by atoms with Gasteiger partial charge in [-0.25, -0.2) is 0 Å². The molecule has 3 nitrogen and oxygen atoms in total. The van der Waals surface area contributed by atoms with E-state index in [-0.39, 0.29) is 11.3 Å². The van der Waals surface area contributed by atoms with E-state index in [0.29, 0.717) is 19.4 Å². The van der Waals surface area contributed by atoms with Crippen LogP contribution in [0.15, 0.2) is 40.9 Å². The summed E-state index contributed by atoms with van der Waals surface area (Å²) in [5.74, 6) is 0.831. The van der Waals surface area contributed by atoms with E-state index in [9.17, 15) is 4.79 Å². The molecule has 0 aliphatic carbocycles. The molecule has 0 bridgehead atoms. The summed E-state index contributed by atoms with van der Waals surface area (Å²) in [6.07, 6.45) is 1.11. The van der Waals surface area contributed by atoms with Crippen molar-refractivity contribution in [2.45, 2.75) is 52.9 Å². The number of halogens is 1. The van der Waals surface area contributed by atoms with E-state index in [1.54, 1.807) is 0 Å². The fourth-order valence-electron chi connectivity index (χ4n) is 2.58. The van der Waals surface area contributed by atoms with Crippen molar-refractivity contribution in [1.82, 2.24) is 0 Å². The number of hydrogen-bond acceptors (Lipinski definition) is 2. The Morgan fingerprint density at radius 2 is 1.85 bits per heavy atom. The Balaban J connectivity index is 1.81. The second-order valence-corrected chi connectivity index (χ2v) is 8.57. The topological polar surface area (TPSA) is 38.3 Å². The van der Waals surface area contributed by atoms with Crippen molar-refractivity contribution in [2.24, 2.45) is 0 Å². The standard InChI is InChI=1S/C22H28BrNO2/c1-15-8-9-16(2)19(13-15)24-21(25)7-6-12-26-20-11-10-17(14-18(20)23)22(3,4)5/h8-11,13-14H,6-7,12H2,1-5H3,(H,24,25). The van der Waals surface area contributed by atoms with Crippen molar-refractivity contribution in [3.05, 3.63) is 57.6 Å². The highest BCUT2D eigenvalue weighted by atomic mass is 79.9. The maximum Gasteiger partial charge on any atom is 0.224 e. The summed E-state index contributed by atoms with van der Waals surface area (Å²) in [6, 6.07) is 12.2. The lowest BCUT2D eigenvalue weighted by Crippen LogP contribution is -2.14. The highest BCUT2D eigenvalue weighted by Gasteiger charge is 2.15. The molecule has 2 aromatic rings. The Kier molecular flexibility index (Phi) is 6.87. The number of nitrogens with one attached hydrogen (secondary N) is 1. The summed E-state index contributed by atoms with van der Waals surface area (Å²) in [5, 5.41) is 2.98. The lowest BCUT2D eigenvalue weighted by molar-refractivity contribution is -0.116. The van der Waals surface area contributed by atoms with Crippen LogP contribution < -0.4 is 10.1 Å². The molecule has 26 heavy (non-hydrogen) atoms. The van der Waals surface area contributed by atoms with Gasteiger partial charge in [0.1, 0.15) is 5.75 Å². The first kappa shape index (κ1) is 20.5. The van der Waals surface area contributed by atoms with Crippen LogP contribution in [0.4, 0.5) is 5.69 Å². The molecule has 2 rings (SSSR count). The molecule has 0 spiro atoms. The normalized spacial score (nSPS) is 11.3. The van der Waals surface area contributed by atoms with Crippen LogP contribution >= 0.6 is 15.9 Å². The summed E-state index contributed by atoms with van der Waals surface area (Å²) >= 11 is 3.58. The summed E-state index contributed by atoms with van der Waals surface area (Å²) in [6.45, 7) is 11.1. The molecule has 1 N–H and O–H groups in total. The van der Waals surface area contributed by atoms with Crippen molar-refractivity contribution in [2.75, 3.05) is 11.9 Å². The number of carbonyl (C=O) groups excluding carboxylic acids is 1. The lowest BCUT2D eigenvalue weighted by Gasteiger charge is -2.20. The summed E-state index contributed by atoms with van der Waals surface area (Å²) in [4.78, 5) is 12.1. The third kappa shape index (κ3) is 5.87. The van der Waals surface area contributed by atoms with E-state index in [1.807, 2.05) is 38.1 Å². The summed E-state index contributed by atoms with van der Waals surface area (Å²) in [5.41, 5.74) is 4.45. The fourth-order valence-corrected chi connectivity index (χ4v) is 3.08. The van der Waals surface area contributed by atoms with Crippen molar-refractivity contribution in [3.63, 3.8) is 0 Å². The van der Waals surface area contributed by atoms with E-state index < -0.39 is 0 Å². The van der Waals surface area contributed by atoms with Gasteiger partial charge in [-0.1, -0.05) is 39.0 Å². The molecule has 0 fully saturated rings. The molecule has 0 heterocycles. The first-order valence-electron chi connectivity index (χ1n) is 8.97. The number of benzene rings is 2. The fraction of sp³-hybridized carbons (Fsp3) is 0.409. The van der Waals surface area contributed by atoms with Crippen molar-refractivity contribution < 1.29 is 9.53 Å². The minimum atomic E-state index is 0.0180. The Morgan fingerprint density at radius 1 is 1.12 bits per heavy atom. The van der Waals surface area contributed by atoms with Gasteiger partial charge in [-0.15, -0.1) is 0 Å². The van der Waals surface area contributed by atoms with Crippen LogP contribution in [0.2, 0.25) is 0 Å². The van der Waals surface area contributed by atoms with Crippen LogP contribution in [-0.4, -0.2) is 12.5 Å². The van der Waals surface area contributed by atoms with Crippen molar-refractivity contribution >= 4 is 27.5 Å². The van der Waals surface area contributed by atoms with E-state index in [1.165, 1.54) is 5.56 Å². The lowest BCUT2D eigenvalue weighted by atomic mass is 9.87. The number of anilines is 1. The SMILES string of the molecule is Cc1ccc(C)c(NC(=O)CCCOc2ccc(C(C)(C)C)cc2Br)c1. The second kappa shape index (κ2) is 8.72. The predicted molar refractivity (Wildman–Crippen MR) is 112 cm³/mol. The highest BCUT2D eigenvalue weighted by Crippen LogP contribution is 2.31. The molecule has 0 aliphatic rings. The van der Waals surface area contributed by atoms with E-state index >= 15 is 0 Å². The minimum Gasteiger partial charge on any atom is -0.492 e. The molecule has 0 unspecified atom stereocenters. The van der Waals surface area contributed by atoms with E-state index in [0.717, 1.165) is 27.0 Å². The third-order valence-electron chi connectivity index (χ3n) is 4.27. The van der Waals surface area contributed by atoms with E-state index in [2.05, 4.69) is 54.2 Å². The maximum atomic E-state index is 12.1. The monoisotopic (exact) mass is 417 g/mol. The number of amides is 1. The molecule has 0 saturated heterocycles. The predicted octanol–water partition coefficient (Wildman–Crippen LogP) is 6.16. The Labute approximate surface area is 165 Å². The largest absolute Gasteiger partial charge is 0.492 e. The Morgan fingerprint density at radius 3 is 2.50 bits per heavy atom. The van der Waals surface area contributed by atoms with Gasteiger partial charge in [0.2, 0.25) is 5.91 Å². The average Bonchev–Trinajstić information content (AvgIpc) is 2.55. The molecule has 0 saturated carbocycles. The van der Waals surface area contributed by atoms with Gasteiger partial charge >= 0.3 is 0 Å². The van der Waals surface area contributed by atoms with Crippen LogP contribution in [0.1, 0.15) is 50.3 Å². The number of rotatable bonds is 6. The molecular formula is C22H28BrNO2. The first-order valence-corrected chi connectivity index (χ1v) is 9.76. The molecule has 1 amide bonds. The number of ether oxygens (including phenoxy) is 1. The number of aryl methyl sites for hydroxylation is 2. The van der Waals surface area contributed by atoms with Gasteiger partial charge in [0.15, 0.2) is 0 Å². The van der Waals surface area contributed by atoms with Gasteiger partial charge in [0.05, 0.1) is 11.1 Å². The van der Waals surface area contributed by atoms with Gasteiger partial charge in [0, 0.05) is 12.1 Å². The van der Waals surface area contributed by atoms with Gasteiger partial charge < -0.3 is 10.1 Å². The molecule has 2 aromatic carbocycles. The molecule has 140 valence electrons. The highest BCUT2D eigenvalue weighted by molar-refractivity contribution is 9.10. The number of carbonyl (C=O) groups is 1. The van der Waals surface area contributed by atoms with Crippen LogP contribution in [-0.2, 0) is 10.2 Å². The van der Waals surface area contributed by atoms with Gasteiger partial charge in [-0.2, -0.15) is 0 Å². The van der Waals surface area contributed by atoms with Gasteiger partial charge in [-0.05, 0) is 76.5 Å². The summed E-state index contributed by atoms with van der Waals surface area (Å²) in [7, 11) is 0. The zero-order valence-electron chi connectivity index (χ0n) is 16.3. The van der Waals surface area contributed by atoms with Crippen molar-refractivity contribution in [3.8, 4) is 5.75 Å². The van der Waals surface area contributed by atoms with Crippen LogP contribution in [0.5, 0.6) is 5.75 Å². The second-order valence-electron chi connectivity index (χ2n) is 7.71. The first-order chi connectivity index (χ1) is 12.2. The van der Waals surface area contributed by atoms with Crippen molar-refractivity contribution in [1.29, 1.82) is 0 Å². The zero-order chi connectivity index (χ0) is 19.3. The molecule has 0 radical (unpaired) electrons. The molecule has 0 aliphatic heterocycles. The van der Waals surface area contributed by atoms with Gasteiger partial charge in [-0.3, -0.25) is 4.79 Å². The molecule has 4 heteroatoms. The van der Waals surface area contributed by atoms with Crippen LogP contribution in [0.25, 0.3) is 0 Å². The maximum absolute atomic E-state index is 12.1. The Bertz CT molecular complexity index is 778. The smallest absolute Gasteiger partial charge is 0.224 e. The minimum absolute atomic E-state index is 0.0180. The van der Waals surface area contributed by atoms with Crippen LogP contribution in [0.3, 0.4) is 0 Å². The Hall–Kier alpha value is -1.81. The average molecular weight is 418 g/mol. The zero-order valence-corrected chi connectivity index (χ0v) is 17.9.